The van der Waals surface area contributed by atoms with Gasteiger partial charge >= 0.3 is 0 Å². The van der Waals surface area contributed by atoms with E-state index >= 15 is 0 Å². The Bertz CT molecular complexity index is 1190. The van der Waals surface area contributed by atoms with Crippen molar-refractivity contribution in [3.8, 4) is 5.75 Å². The van der Waals surface area contributed by atoms with Crippen LogP contribution in [0, 0.1) is 0 Å². The van der Waals surface area contributed by atoms with Crippen molar-refractivity contribution in [2.24, 2.45) is 0 Å². The zero-order chi connectivity index (χ0) is 22.2. The summed E-state index contributed by atoms with van der Waals surface area (Å²) < 4.78 is 5.76. The van der Waals surface area contributed by atoms with Crippen molar-refractivity contribution in [3.63, 3.8) is 0 Å². The van der Waals surface area contributed by atoms with Crippen LogP contribution in [0.15, 0.2) is 103 Å². The van der Waals surface area contributed by atoms with Gasteiger partial charge in [0.2, 0.25) is 0 Å². The number of carbonyl (C=O) groups excluding carboxylic acids is 2. The second-order valence-electron chi connectivity index (χ2n) is 6.97. The van der Waals surface area contributed by atoms with Crippen LogP contribution >= 0.6 is 0 Å². The summed E-state index contributed by atoms with van der Waals surface area (Å²) in [6, 6.07) is 28.8. The van der Waals surface area contributed by atoms with Gasteiger partial charge < -0.3 is 15.4 Å². The first kappa shape index (κ1) is 20.8. The van der Waals surface area contributed by atoms with Crippen LogP contribution in [0.25, 0.3) is 0 Å². The van der Waals surface area contributed by atoms with Crippen LogP contribution < -0.4 is 15.4 Å². The summed E-state index contributed by atoms with van der Waals surface area (Å²) in [5.74, 6) is 0.423. The molecule has 6 heteroatoms. The molecule has 32 heavy (non-hydrogen) atoms. The summed E-state index contributed by atoms with van der Waals surface area (Å²) >= 11 is 0. The molecule has 0 radical (unpaired) electrons. The first-order chi connectivity index (χ1) is 15.7. The minimum atomic E-state index is -0.357. The number of ether oxygens (including phenoxy) is 1. The predicted molar refractivity (Wildman–Crippen MR) is 124 cm³/mol. The number of benzene rings is 3. The molecule has 0 aliphatic rings. The highest BCUT2D eigenvalue weighted by Gasteiger charge is 2.14. The molecule has 4 rings (SSSR count). The highest BCUT2D eigenvalue weighted by Crippen LogP contribution is 2.19. The molecule has 0 fully saturated rings. The average molecular weight is 423 g/mol. The largest absolute Gasteiger partial charge is 0.489 e. The number of para-hydroxylation sites is 1. The van der Waals surface area contributed by atoms with Crippen LogP contribution in [0.2, 0.25) is 0 Å². The van der Waals surface area contributed by atoms with E-state index in [2.05, 4.69) is 15.6 Å². The first-order valence-corrected chi connectivity index (χ1v) is 10.1. The van der Waals surface area contributed by atoms with Gasteiger partial charge in [0.05, 0.1) is 11.3 Å². The van der Waals surface area contributed by atoms with E-state index in [1.54, 1.807) is 72.9 Å². The molecule has 2 amide bonds. The molecule has 0 unspecified atom stereocenters. The van der Waals surface area contributed by atoms with Crippen LogP contribution in [-0.2, 0) is 6.61 Å². The van der Waals surface area contributed by atoms with Gasteiger partial charge in [0.25, 0.3) is 11.8 Å². The lowest BCUT2D eigenvalue weighted by atomic mass is 10.1. The number of nitrogens with one attached hydrogen (secondary N) is 2. The van der Waals surface area contributed by atoms with E-state index in [0.717, 1.165) is 5.56 Å². The fraction of sp³-hybridized carbons (Fsp3) is 0.0385. The lowest BCUT2D eigenvalue weighted by molar-refractivity contribution is 0.102. The van der Waals surface area contributed by atoms with Crippen molar-refractivity contribution in [1.29, 1.82) is 0 Å². The first-order valence-electron chi connectivity index (χ1n) is 10.1. The van der Waals surface area contributed by atoms with Crippen molar-refractivity contribution < 1.29 is 14.3 Å². The van der Waals surface area contributed by atoms with Gasteiger partial charge in [0, 0.05) is 11.8 Å². The SMILES string of the molecule is O=C(Nc1ccccc1C(=O)Nc1ccccn1)c1ccc(OCc2ccccc2)cc1. The molecular weight excluding hydrogens is 402 g/mol. The molecule has 0 saturated heterocycles. The maximum absolute atomic E-state index is 12.7. The van der Waals surface area contributed by atoms with Crippen molar-refractivity contribution in [3.05, 3.63) is 120 Å². The monoisotopic (exact) mass is 423 g/mol. The number of amides is 2. The minimum Gasteiger partial charge on any atom is -0.489 e. The number of hydrogen-bond donors (Lipinski definition) is 2. The molecule has 0 saturated carbocycles. The lowest BCUT2D eigenvalue weighted by Crippen LogP contribution is -2.18. The van der Waals surface area contributed by atoms with E-state index in [1.807, 2.05) is 30.3 Å². The third kappa shape index (κ3) is 5.37. The van der Waals surface area contributed by atoms with E-state index in [0.29, 0.717) is 35.0 Å². The van der Waals surface area contributed by atoms with Crippen LogP contribution in [0.1, 0.15) is 26.3 Å². The van der Waals surface area contributed by atoms with Gasteiger partial charge in [0.15, 0.2) is 0 Å². The maximum Gasteiger partial charge on any atom is 0.258 e. The Kier molecular flexibility index (Phi) is 6.53. The molecule has 2 N–H and O–H groups in total. The molecule has 0 spiro atoms. The van der Waals surface area contributed by atoms with Gasteiger partial charge in [-0.25, -0.2) is 4.98 Å². The molecular formula is C26H21N3O3. The fourth-order valence-electron chi connectivity index (χ4n) is 3.05. The molecule has 3 aromatic carbocycles. The maximum atomic E-state index is 12.7. The zero-order valence-electron chi connectivity index (χ0n) is 17.2. The summed E-state index contributed by atoms with van der Waals surface area (Å²) in [6.07, 6.45) is 1.59. The normalized spacial score (nSPS) is 10.2. The van der Waals surface area contributed by atoms with E-state index < -0.39 is 0 Å². The van der Waals surface area contributed by atoms with Gasteiger partial charge in [-0.2, -0.15) is 0 Å². The van der Waals surface area contributed by atoms with E-state index in [-0.39, 0.29) is 11.8 Å². The standard InChI is InChI=1S/C26H21N3O3/c30-25(20-13-15-21(16-14-20)32-18-19-8-2-1-3-9-19)28-23-11-5-4-10-22(23)26(31)29-24-12-6-7-17-27-24/h1-17H,18H2,(H,28,30)(H,27,29,31). The number of anilines is 2. The van der Waals surface area contributed by atoms with Crippen molar-refractivity contribution in [2.75, 3.05) is 10.6 Å². The Morgan fingerprint density at radius 3 is 2.19 bits per heavy atom. The molecule has 6 nitrogen and oxygen atoms in total. The second kappa shape index (κ2) is 10.0. The highest BCUT2D eigenvalue weighted by atomic mass is 16.5. The van der Waals surface area contributed by atoms with Gasteiger partial charge in [-0.3, -0.25) is 9.59 Å². The molecule has 0 bridgehead atoms. The van der Waals surface area contributed by atoms with Crippen molar-refractivity contribution in [1.82, 2.24) is 4.98 Å². The van der Waals surface area contributed by atoms with Crippen molar-refractivity contribution in [2.45, 2.75) is 6.61 Å². The highest BCUT2D eigenvalue weighted by molar-refractivity contribution is 6.12. The molecule has 0 atom stereocenters. The molecule has 4 aromatic rings. The van der Waals surface area contributed by atoms with Crippen molar-refractivity contribution >= 4 is 23.3 Å². The molecule has 1 heterocycles. The quantitative estimate of drug-likeness (QED) is 0.430. The van der Waals surface area contributed by atoms with Crippen LogP contribution in [0.3, 0.4) is 0 Å². The number of nitrogens with zero attached hydrogens (tertiary/aromatic N) is 1. The summed E-state index contributed by atoms with van der Waals surface area (Å²) in [7, 11) is 0. The van der Waals surface area contributed by atoms with Crippen LogP contribution in [0.4, 0.5) is 11.5 Å². The summed E-state index contributed by atoms with van der Waals surface area (Å²) in [5.41, 5.74) is 2.27. The Balaban J connectivity index is 1.41. The second-order valence-corrected chi connectivity index (χ2v) is 6.97. The summed E-state index contributed by atoms with van der Waals surface area (Å²) in [6.45, 7) is 0.450. The Morgan fingerprint density at radius 2 is 1.44 bits per heavy atom. The topological polar surface area (TPSA) is 80.3 Å². The number of aromatic nitrogens is 1. The fourth-order valence-corrected chi connectivity index (χ4v) is 3.05. The molecule has 1 aromatic heterocycles. The third-order valence-electron chi connectivity index (χ3n) is 4.69. The third-order valence-corrected chi connectivity index (χ3v) is 4.69. The Hall–Kier alpha value is -4.45. The van der Waals surface area contributed by atoms with E-state index in [4.69, 9.17) is 4.74 Å². The molecule has 158 valence electrons. The van der Waals surface area contributed by atoms with Crippen LogP contribution in [-0.4, -0.2) is 16.8 Å². The Labute approximate surface area is 185 Å². The summed E-state index contributed by atoms with van der Waals surface area (Å²) in [4.78, 5) is 29.5. The summed E-state index contributed by atoms with van der Waals surface area (Å²) in [5, 5.41) is 5.54. The number of rotatable bonds is 7. The Morgan fingerprint density at radius 1 is 0.719 bits per heavy atom. The zero-order valence-corrected chi connectivity index (χ0v) is 17.2. The molecule has 0 aliphatic heterocycles. The smallest absolute Gasteiger partial charge is 0.258 e. The van der Waals surface area contributed by atoms with Gasteiger partial charge in [-0.1, -0.05) is 48.5 Å². The number of hydrogen-bond acceptors (Lipinski definition) is 4. The van der Waals surface area contributed by atoms with E-state index in [1.165, 1.54) is 0 Å². The van der Waals surface area contributed by atoms with Gasteiger partial charge in [-0.15, -0.1) is 0 Å². The molecule has 0 aliphatic carbocycles. The van der Waals surface area contributed by atoms with E-state index in [9.17, 15) is 9.59 Å². The van der Waals surface area contributed by atoms with Gasteiger partial charge in [-0.05, 0) is 54.1 Å². The lowest BCUT2D eigenvalue weighted by Gasteiger charge is -2.12. The average Bonchev–Trinajstić information content (AvgIpc) is 2.84. The predicted octanol–water partition coefficient (Wildman–Crippen LogP) is 5.17. The number of pyridine rings is 1. The van der Waals surface area contributed by atoms with Crippen LogP contribution in [0.5, 0.6) is 5.75 Å². The number of carbonyl (C=O) groups is 2. The minimum absolute atomic E-state index is 0.322. The van der Waals surface area contributed by atoms with Gasteiger partial charge in [0.1, 0.15) is 18.2 Å².